The highest BCUT2D eigenvalue weighted by atomic mass is 16.5. The highest BCUT2D eigenvalue weighted by Crippen LogP contribution is 2.27. The van der Waals surface area contributed by atoms with Crippen LogP contribution in [-0.2, 0) is 0 Å². The van der Waals surface area contributed by atoms with Crippen molar-refractivity contribution >= 4 is 22.6 Å². The highest BCUT2D eigenvalue weighted by Gasteiger charge is 2.24. The molecule has 1 fully saturated rings. The number of fused-ring (bicyclic) bond motifs is 1. The summed E-state index contributed by atoms with van der Waals surface area (Å²) in [6.07, 6.45) is 5.33. The van der Waals surface area contributed by atoms with Gasteiger partial charge in [0.15, 0.2) is 0 Å². The Hall–Kier alpha value is -4.13. The van der Waals surface area contributed by atoms with Crippen LogP contribution in [-0.4, -0.2) is 35.1 Å². The second kappa shape index (κ2) is 10.6. The van der Waals surface area contributed by atoms with Crippen molar-refractivity contribution in [3.63, 3.8) is 0 Å². The normalized spacial score (nSPS) is 17.4. The fourth-order valence-corrected chi connectivity index (χ4v) is 4.68. The van der Waals surface area contributed by atoms with E-state index in [9.17, 15) is 4.79 Å². The molecule has 7 nitrogen and oxygen atoms in total. The van der Waals surface area contributed by atoms with E-state index in [1.807, 2.05) is 18.2 Å². The lowest BCUT2D eigenvalue weighted by molar-refractivity contribution is 0.0923. The molecule has 4 aromatic rings. The van der Waals surface area contributed by atoms with Crippen molar-refractivity contribution in [1.82, 2.24) is 15.3 Å². The maximum atomic E-state index is 13.1. The van der Waals surface area contributed by atoms with Gasteiger partial charge < -0.3 is 20.1 Å². The molecule has 0 unspecified atom stereocenters. The van der Waals surface area contributed by atoms with E-state index in [1.54, 1.807) is 49.7 Å². The zero-order chi connectivity index (χ0) is 24.9. The Morgan fingerprint density at radius 1 is 0.917 bits per heavy atom. The first kappa shape index (κ1) is 23.6. The summed E-state index contributed by atoms with van der Waals surface area (Å²) in [7, 11) is 1.61. The van der Waals surface area contributed by atoms with Gasteiger partial charge in [0.25, 0.3) is 5.91 Å². The number of ether oxygens (including phenoxy) is 2. The molecule has 0 bridgehead atoms. The van der Waals surface area contributed by atoms with Crippen LogP contribution in [0, 0.1) is 6.92 Å². The van der Waals surface area contributed by atoms with Crippen LogP contribution in [0.3, 0.4) is 0 Å². The predicted octanol–water partition coefficient (Wildman–Crippen LogP) is 5.89. The summed E-state index contributed by atoms with van der Waals surface area (Å²) in [5.74, 6) is 2.35. The van der Waals surface area contributed by atoms with E-state index in [0.717, 1.165) is 42.8 Å². The van der Waals surface area contributed by atoms with Gasteiger partial charge in [-0.15, -0.1) is 0 Å². The smallest absolute Gasteiger partial charge is 0.257 e. The lowest BCUT2D eigenvalue weighted by Gasteiger charge is -2.30. The van der Waals surface area contributed by atoms with Gasteiger partial charge in [-0.3, -0.25) is 4.79 Å². The Morgan fingerprint density at radius 2 is 1.64 bits per heavy atom. The minimum Gasteiger partial charge on any atom is -0.497 e. The summed E-state index contributed by atoms with van der Waals surface area (Å²) in [5.41, 5.74) is 2.64. The average Bonchev–Trinajstić information content (AvgIpc) is 2.90. The Morgan fingerprint density at radius 3 is 2.42 bits per heavy atom. The third-order valence-corrected chi connectivity index (χ3v) is 6.63. The molecule has 2 aromatic heterocycles. The van der Waals surface area contributed by atoms with Crippen LogP contribution in [0.25, 0.3) is 10.9 Å². The number of methoxy groups -OCH3 is 1. The minimum absolute atomic E-state index is 0.107. The zero-order valence-electron chi connectivity index (χ0n) is 20.5. The minimum atomic E-state index is -0.171. The van der Waals surface area contributed by atoms with E-state index < -0.39 is 0 Å². The van der Waals surface area contributed by atoms with Crippen molar-refractivity contribution in [1.29, 1.82) is 0 Å². The third-order valence-electron chi connectivity index (χ3n) is 6.63. The van der Waals surface area contributed by atoms with Crippen LogP contribution in [0.4, 0.5) is 5.82 Å². The van der Waals surface area contributed by atoms with Gasteiger partial charge in [0.2, 0.25) is 5.88 Å². The Bertz CT molecular complexity index is 1350. The topological polar surface area (TPSA) is 85.4 Å². The van der Waals surface area contributed by atoms with Crippen molar-refractivity contribution < 1.29 is 14.3 Å². The van der Waals surface area contributed by atoms with Gasteiger partial charge in [0, 0.05) is 23.7 Å². The molecule has 2 N–H and O–H groups in total. The number of hydrogen-bond acceptors (Lipinski definition) is 6. The number of aromatic nitrogens is 2. The molecule has 0 radical (unpaired) electrons. The number of anilines is 1. The number of para-hydroxylation sites is 1. The SMILES string of the molecule is COc1ccc(Oc2ncccc2C(=O)N[C@H]2CC[C@@H](Nc3cc(C)c4ccccc4n3)CC2)cc1. The fraction of sp³-hybridized carbons (Fsp3) is 0.276. The number of carbonyl (C=O) groups is 1. The van der Waals surface area contributed by atoms with E-state index in [4.69, 9.17) is 14.5 Å². The molecule has 1 aliphatic rings. The third kappa shape index (κ3) is 5.40. The van der Waals surface area contributed by atoms with Crippen LogP contribution in [0.5, 0.6) is 17.4 Å². The van der Waals surface area contributed by atoms with Crippen molar-refractivity contribution in [2.24, 2.45) is 0 Å². The number of nitrogens with one attached hydrogen (secondary N) is 2. The summed E-state index contributed by atoms with van der Waals surface area (Å²) >= 11 is 0. The number of benzene rings is 2. The molecule has 1 saturated carbocycles. The van der Waals surface area contributed by atoms with Crippen LogP contribution >= 0.6 is 0 Å². The van der Waals surface area contributed by atoms with Crippen LogP contribution in [0.15, 0.2) is 72.9 Å². The number of carbonyl (C=O) groups excluding carboxylic acids is 1. The summed E-state index contributed by atoms with van der Waals surface area (Å²) < 4.78 is 11.1. The van der Waals surface area contributed by atoms with Gasteiger partial charge in [-0.1, -0.05) is 18.2 Å². The molecule has 5 rings (SSSR count). The Kier molecular flexibility index (Phi) is 6.98. The summed E-state index contributed by atoms with van der Waals surface area (Å²) in [4.78, 5) is 22.2. The molecule has 36 heavy (non-hydrogen) atoms. The predicted molar refractivity (Wildman–Crippen MR) is 141 cm³/mol. The van der Waals surface area contributed by atoms with E-state index >= 15 is 0 Å². The van der Waals surface area contributed by atoms with Crippen molar-refractivity contribution in [2.45, 2.75) is 44.7 Å². The molecule has 184 valence electrons. The number of pyridine rings is 2. The lowest BCUT2D eigenvalue weighted by Crippen LogP contribution is -2.40. The van der Waals surface area contributed by atoms with Crippen molar-refractivity contribution in [2.75, 3.05) is 12.4 Å². The molecule has 1 amide bonds. The van der Waals surface area contributed by atoms with E-state index in [2.05, 4.69) is 34.7 Å². The largest absolute Gasteiger partial charge is 0.497 e. The molecule has 0 atom stereocenters. The van der Waals surface area contributed by atoms with Crippen molar-refractivity contribution in [3.05, 3.63) is 84.1 Å². The molecular formula is C29H30N4O3. The molecule has 7 heteroatoms. The van der Waals surface area contributed by atoms with Crippen LogP contribution in [0.1, 0.15) is 41.6 Å². The van der Waals surface area contributed by atoms with Crippen molar-refractivity contribution in [3.8, 4) is 17.4 Å². The zero-order valence-corrected chi connectivity index (χ0v) is 20.5. The van der Waals surface area contributed by atoms with Gasteiger partial charge in [-0.2, -0.15) is 0 Å². The number of nitrogens with zero attached hydrogens (tertiary/aromatic N) is 2. The Balaban J connectivity index is 1.18. The lowest BCUT2D eigenvalue weighted by atomic mass is 9.91. The first-order chi connectivity index (χ1) is 17.6. The van der Waals surface area contributed by atoms with Gasteiger partial charge in [-0.05, 0) is 86.7 Å². The highest BCUT2D eigenvalue weighted by molar-refractivity contribution is 5.96. The molecule has 2 aromatic carbocycles. The molecule has 0 saturated heterocycles. The van der Waals surface area contributed by atoms with Gasteiger partial charge in [-0.25, -0.2) is 9.97 Å². The maximum Gasteiger partial charge on any atom is 0.257 e. The van der Waals surface area contributed by atoms with E-state index in [-0.39, 0.29) is 17.8 Å². The van der Waals surface area contributed by atoms with Gasteiger partial charge >= 0.3 is 0 Å². The monoisotopic (exact) mass is 482 g/mol. The van der Waals surface area contributed by atoms with Gasteiger partial charge in [0.05, 0.1) is 12.6 Å². The first-order valence-electron chi connectivity index (χ1n) is 12.3. The maximum absolute atomic E-state index is 13.1. The average molecular weight is 483 g/mol. The second-order valence-corrected chi connectivity index (χ2v) is 9.14. The van der Waals surface area contributed by atoms with Gasteiger partial charge in [0.1, 0.15) is 22.9 Å². The van der Waals surface area contributed by atoms with E-state index in [1.165, 1.54) is 10.9 Å². The fourth-order valence-electron chi connectivity index (χ4n) is 4.68. The summed E-state index contributed by atoms with van der Waals surface area (Å²) in [6, 6.07) is 21.4. The van der Waals surface area contributed by atoms with Crippen LogP contribution in [0.2, 0.25) is 0 Å². The molecule has 0 spiro atoms. The Labute approximate surface area is 210 Å². The molecular weight excluding hydrogens is 452 g/mol. The van der Waals surface area contributed by atoms with Crippen LogP contribution < -0.4 is 20.1 Å². The second-order valence-electron chi connectivity index (χ2n) is 9.14. The summed E-state index contributed by atoms with van der Waals surface area (Å²) in [6.45, 7) is 2.12. The first-order valence-corrected chi connectivity index (χ1v) is 12.3. The summed E-state index contributed by atoms with van der Waals surface area (Å²) in [5, 5.41) is 7.96. The number of aryl methyl sites for hydroxylation is 1. The number of hydrogen-bond donors (Lipinski definition) is 2. The molecule has 2 heterocycles. The number of amides is 1. The standard InChI is InChI=1S/C29H30N4O3/c1-19-18-27(33-26-8-4-3-6-24(19)26)31-20-9-11-21(12-10-20)32-28(34)25-7-5-17-30-29(25)36-23-15-13-22(35-2)14-16-23/h3-8,13-18,20-21H,9-12H2,1-2H3,(H,31,33)(H,32,34)/t20-,21+. The molecule has 1 aliphatic carbocycles. The number of rotatable bonds is 7. The van der Waals surface area contributed by atoms with E-state index in [0.29, 0.717) is 17.4 Å². The molecule has 0 aliphatic heterocycles. The quantitative estimate of drug-likeness (QED) is 0.342.